The highest BCUT2D eigenvalue weighted by Gasteiger charge is 2.37. The summed E-state index contributed by atoms with van der Waals surface area (Å²) in [5.41, 5.74) is 2.11. The van der Waals surface area contributed by atoms with Crippen molar-refractivity contribution in [3.63, 3.8) is 0 Å². The molecule has 23 heavy (non-hydrogen) atoms. The molecular weight excluding hydrogens is 318 g/mol. The molecule has 1 heterocycles. The Morgan fingerprint density at radius 2 is 1.91 bits per heavy atom. The predicted octanol–water partition coefficient (Wildman–Crippen LogP) is 3.22. The minimum absolute atomic E-state index is 0.112. The Bertz CT molecular complexity index is 721. The first-order valence-electron chi connectivity index (χ1n) is 7.21. The van der Waals surface area contributed by atoms with E-state index in [1.54, 1.807) is 45.0 Å². The molecule has 122 valence electrons. The van der Waals surface area contributed by atoms with Crippen LogP contribution in [0, 0.1) is 0 Å². The van der Waals surface area contributed by atoms with Crippen LogP contribution >= 0.6 is 11.6 Å². The number of nitrogens with one attached hydrogen (secondary N) is 1. The van der Waals surface area contributed by atoms with Crippen molar-refractivity contribution in [1.82, 2.24) is 5.32 Å². The van der Waals surface area contributed by atoms with Crippen molar-refractivity contribution in [2.75, 3.05) is 6.61 Å². The van der Waals surface area contributed by atoms with Crippen molar-refractivity contribution >= 4 is 23.5 Å². The number of halogens is 1. The second-order valence-corrected chi connectivity index (χ2v) is 5.65. The molecule has 0 amide bonds. The third-order valence-corrected chi connectivity index (χ3v) is 3.90. The van der Waals surface area contributed by atoms with Gasteiger partial charge in [0.1, 0.15) is 0 Å². The minimum atomic E-state index is -1.09. The lowest BCUT2D eigenvalue weighted by molar-refractivity contribution is -0.138. The maximum atomic E-state index is 12.4. The van der Waals surface area contributed by atoms with Crippen LogP contribution in [-0.4, -0.2) is 23.7 Å². The number of rotatable bonds is 4. The standard InChI is InChI=1S/C17H18ClNO4/c1-4-23-17(22)14-10(3)19-9(2)13(16(20)21)15(14)11-6-5-7-12(18)8-11/h5-8,15,19H,4H2,1-3H3,(H,20,21)/t15-/m0/s1. The van der Waals surface area contributed by atoms with Crippen molar-refractivity contribution in [3.8, 4) is 0 Å². The molecule has 1 aliphatic heterocycles. The molecule has 0 bridgehead atoms. The third-order valence-electron chi connectivity index (χ3n) is 3.67. The predicted molar refractivity (Wildman–Crippen MR) is 87.0 cm³/mol. The number of hydrogen-bond donors (Lipinski definition) is 2. The van der Waals surface area contributed by atoms with Gasteiger partial charge in [0.15, 0.2) is 0 Å². The number of hydrogen-bond acceptors (Lipinski definition) is 4. The van der Waals surface area contributed by atoms with E-state index >= 15 is 0 Å². The second-order valence-electron chi connectivity index (χ2n) is 5.22. The van der Waals surface area contributed by atoms with Crippen molar-refractivity contribution < 1.29 is 19.4 Å². The number of carboxylic acid groups (broad SMARTS) is 1. The molecular formula is C17H18ClNO4. The largest absolute Gasteiger partial charge is 0.478 e. The highest BCUT2D eigenvalue weighted by atomic mass is 35.5. The quantitative estimate of drug-likeness (QED) is 0.826. The zero-order valence-electron chi connectivity index (χ0n) is 13.1. The number of aliphatic carboxylic acids is 1. The van der Waals surface area contributed by atoms with Crippen molar-refractivity contribution in [2.24, 2.45) is 0 Å². The van der Waals surface area contributed by atoms with Crippen LogP contribution < -0.4 is 5.32 Å². The lowest BCUT2D eigenvalue weighted by Gasteiger charge is -2.29. The number of carbonyl (C=O) groups excluding carboxylic acids is 1. The van der Waals surface area contributed by atoms with Gasteiger partial charge in [0.25, 0.3) is 0 Å². The Labute approximate surface area is 139 Å². The van der Waals surface area contributed by atoms with E-state index < -0.39 is 17.9 Å². The van der Waals surface area contributed by atoms with Gasteiger partial charge in [-0.3, -0.25) is 0 Å². The maximum absolute atomic E-state index is 12.4. The van der Waals surface area contributed by atoms with Crippen LogP contribution in [0.1, 0.15) is 32.3 Å². The molecule has 1 aliphatic rings. The van der Waals surface area contributed by atoms with E-state index in [2.05, 4.69) is 5.32 Å². The Kier molecular flexibility index (Phi) is 5.11. The van der Waals surface area contributed by atoms with E-state index in [-0.39, 0.29) is 17.8 Å². The van der Waals surface area contributed by atoms with Crippen LogP contribution in [0.2, 0.25) is 5.02 Å². The van der Waals surface area contributed by atoms with Crippen LogP contribution in [0.4, 0.5) is 0 Å². The minimum Gasteiger partial charge on any atom is -0.478 e. The van der Waals surface area contributed by atoms with E-state index in [1.807, 2.05) is 0 Å². The number of carboxylic acids is 1. The van der Waals surface area contributed by atoms with E-state index in [9.17, 15) is 14.7 Å². The summed E-state index contributed by atoms with van der Waals surface area (Å²) in [5, 5.41) is 13.1. The van der Waals surface area contributed by atoms with Gasteiger partial charge in [0.2, 0.25) is 0 Å². The smallest absolute Gasteiger partial charge is 0.336 e. The Balaban J connectivity index is 2.65. The molecule has 1 atom stereocenters. The summed E-state index contributed by atoms with van der Waals surface area (Å²) in [4.78, 5) is 24.1. The molecule has 6 heteroatoms. The summed E-state index contributed by atoms with van der Waals surface area (Å²) < 4.78 is 5.11. The third kappa shape index (κ3) is 3.40. The number of esters is 1. The summed E-state index contributed by atoms with van der Waals surface area (Å²) in [6.45, 7) is 5.32. The number of benzene rings is 1. The average molecular weight is 336 g/mol. The zero-order chi connectivity index (χ0) is 17.1. The number of dihydropyridines is 1. The number of ether oxygens (including phenoxy) is 1. The summed E-state index contributed by atoms with van der Waals surface area (Å²) >= 11 is 6.04. The second kappa shape index (κ2) is 6.87. The molecule has 0 spiro atoms. The topological polar surface area (TPSA) is 75.6 Å². The summed E-state index contributed by atoms with van der Waals surface area (Å²) in [6, 6.07) is 6.85. The fraction of sp³-hybridized carbons (Fsp3) is 0.294. The van der Waals surface area contributed by atoms with Gasteiger partial charge in [-0.1, -0.05) is 23.7 Å². The molecule has 1 aromatic carbocycles. The molecule has 0 saturated heterocycles. The van der Waals surface area contributed by atoms with Gasteiger partial charge in [-0.25, -0.2) is 9.59 Å². The summed E-state index contributed by atoms with van der Waals surface area (Å²) in [5.74, 6) is -2.35. The first-order valence-corrected chi connectivity index (χ1v) is 7.59. The van der Waals surface area contributed by atoms with Crippen molar-refractivity contribution in [2.45, 2.75) is 26.7 Å². The lowest BCUT2D eigenvalue weighted by Crippen LogP contribution is -2.31. The van der Waals surface area contributed by atoms with Gasteiger partial charge in [-0.15, -0.1) is 0 Å². The van der Waals surface area contributed by atoms with Gasteiger partial charge in [0, 0.05) is 16.4 Å². The molecule has 2 rings (SSSR count). The van der Waals surface area contributed by atoms with Crippen LogP contribution in [0.15, 0.2) is 46.8 Å². The first kappa shape index (κ1) is 17.1. The van der Waals surface area contributed by atoms with E-state index in [0.717, 1.165) is 0 Å². The lowest BCUT2D eigenvalue weighted by atomic mass is 9.80. The van der Waals surface area contributed by atoms with Gasteiger partial charge in [0.05, 0.1) is 23.7 Å². The van der Waals surface area contributed by atoms with Gasteiger partial charge in [-0.05, 0) is 38.5 Å². The number of allylic oxidation sites excluding steroid dienone is 2. The highest BCUT2D eigenvalue weighted by Crippen LogP contribution is 2.39. The Morgan fingerprint density at radius 3 is 2.48 bits per heavy atom. The van der Waals surface area contributed by atoms with Crippen LogP contribution in [-0.2, 0) is 14.3 Å². The molecule has 2 N–H and O–H groups in total. The molecule has 0 saturated carbocycles. The van der Waals surface area contributed by atoms with Crippen LogP contribution in [0.25, 0.3) is 0 Å². The molecule has 0 unspecified atom stereocenters. The van der Waals surface area contributed by atoms with Crippen molar-refractivity contribution in [3.05, 3.63) is 57.4 Å². The number of carbonyl (C=O) groups is 2. The fourth-order valence-corrected chi connectivity index (χ4v) is 2.98. The SMILES string of the molecule is CCOC(=O)C1=C(C)NC(C)=C(C(=O)O)[C@@H]1c1cccc(Cl)c1. The Morgan fingerprint density at radius 1 is 1.26 bits per heavy atom. The normalized spacial score (nSPS) is 17.8. The molecule has 0 fully saturated rings. The van der Waals surface area contributed by atoms with Gasteiger partial charge in [-0.2, -0.15) is 0 Å². The van der Waals surface area contributed by atoms with Crippen molar-refractivity contribution in [1.29, 1.82) is 0 Å². The Hall–Kier alpha value is -2.27. The van der Waals surface area contributed by atoms with E-state index in [0.29, 0.717) is 22.0 Å². The van der Waals surface area contributed by atoms with Gasteiger partial charge >= 0.3 is 11.9 Å². The molecule has 0 aliphatic carbocycles. The van der Waals surface area contributed by atoms with Crippen LogP contribution in [0.5, 0.6) is 0 Å². The summed E-state index contributed by atoms with van der Waals surface area (Å²) in [6.07, 6.45) is 0. The van der Waals surface area contributed by atoms with Gasteiger partial charge < -0.3 is 15.2 Å². The first-order chi connectivity index (χ1) is 10.9. The monoisotopic (exact) mass is 335 g/mol. The molecule has 0 radical (unpaired) electrons. The molecule has 0 aromatic heterocycles. The fourth-order valence-electron chi connectivity index (χ4n) is 2.78. The van der Waals surface area contributed by atoms with E-state index in [1.165, 1.54) is 0 Å². The average Bonchev–Trinajstić information content (AvgIpc) is 2.46. The maximum Gasteiger partial charge on any atom is 0.336 e. The van der Waals surface area contributed by atoms with Crippen LogP contribution in [0.3, 0.4) is 0 Å². The zero-order valence-corrected chi connectivity index (χ0v) is 13.9. The molecule has 5 nitrogen and oxygen atoms in total. The summed E-state index contributed by atoms with van der Waals surface area (Å²) in [7, 11) is 0. The molecule has 1 aromatic rings. The van der Waals surface area contributed by atoms with E-state index in [4.69, 9.17) is 16.3 Å². The highest BCUT2D eigenvalue weighted by molar-refractivity contribution is 6.30.